The van der Waals surface area contributed by atoms with E-state index in [1.807, 2.05) is 6.07 Å². The maximum atomic E-state index is 9.00. The third kappa shape index (κ3) is 3.69. The second-order valence-electron chi connectivity index (χ2n) is 3.51. The minimum absolute atomic E-state index is 0.0240. The van der Waals surface area contributed by atoms with Crippen LogP contribution in [0.15, 0.2) is 22.7 Å². The topological polar surface area (TPSA) is 93.6 Å². The fraction of sp³-hybridized carbons (Fsp3) is 0.364. The van der Waals surface area contributed by atoms with Gasteiger partial charge in [0.15, 0.2) is 0 Å². The standard InChI is InChI=1S/C11H16BrN3O2/c12-8-1-2-9(11(13)14)10(7-8)15(3-5-16)4-6-17/h1-2,7,16-17H,3-6H2,(H3,13,14). The van der Waals surface area contributed by atoms with E-state index in [-0.39, 0.29) is 19.0 Å². The monoisotopic (exact) mass is 301 g/mol. The van der Waals surface area contributed by atoms with Gasteiger partial charge in [-0.25, -0.2) is 0 Å². The van der Waals surface area contributed by atoms with E-state index in [4.69, 9.17) is 21.4 Å². The Morgan fingerprint density at radius 1 is 1.29 bits per heavy atom. The maximum Gasteiger partial charge on any atom is 0.124 e. The van der Waals surface area contributed by atoms with E-state index in [2.05, 4.69) is 15.9 Å². The van der Waals surface area contributed by atoms with Gasteiger partial charge in [-0.1, -0.05) is 15.9 Å². The molecule has 0 bridgehead atoms. The molecule has 0 spiro atoms. The lowest BCUT2D eigenvalue weighted by atomic mass is 10.1. The molecule has 0 aliphatic carbocycles. The molecule has 0 atom stereocenters. The van der Waals surface area contributed by atoms with Crippen LogP contribution in [-0.2, 0) is 0 Å². The van der Waals surface area contributed by atoms with Crippen molar-refractivity contribution in [1.82, 2.24) is 0 Å². The minimum Gasteiger partial charge on any atom is -0.395 e. The molecule has 0 aliphatic heterocycles. The molecule has 0 aliphatic rings. The lowest BCUT2D eigenvalue weighted by Crippen LogP contribution is -2.31. The molecular formula is C11H16BrN3O2. The van der Waals surface area contributed by atoms with Crippen LogP contribution in [-0.4, -0.2) is 42.4 Å². The highest BCUT2D eigenvalue weighted by Crippen LogP contribution is 2.24. The summed E-state index contributed by atoms with van der Waals surface area (Å²) in [6.07, 6.45) is 0. The highest BCUT2D eigenvalue weighted by molar-refractivity contribution is 9.10. The first kappa shape index (κ1) is 14.0. The molecule has 1 rings (SSSR count). The number of hydrogen-bond donors (Lipinski definition) is 4. The molecule has 0 heterocycles. The summed E-state index contributed by atoms with van der Waals surface area (Å²) < 4.78 is 0.860. The zero-order valence-electron chi connectivity index (χ0n) is 9.36. The van der Waals surface area contributed by atoms with Crippen LogP contribution in [0.1, 0.15) is 5.56 Å². The summed E-state index contributed by atoms with van der Waals surface area (Å²) in [5.41, 5.74) is 6.84. The first-order chi connectivity index (χ1) is 8.10. The van der Waals surface area contributed by atoms with Crippen molar-refractivity contribution in [2.75, 3.05) is 31.2 Å². The Kier molecular flexibility index (Phi) is 5.40. The largest absolute Gasteiger partial charge is 0.395 e. The van der Waals surface area contributed by atoms with Gasteiger partial charge in [0.25, 0.3) is 0 Å². The number of anilines is 1. The predicted octanol–water partition coefficient (Wildman–Crippen LogP) is 0.524. The van der Waals surface area contributed by atoms with Gasteiger partial charge < -0.3 is 20.8 Å². The number of nitrogens with one attached hydrogen (secondary N) is 1. The molecule has 6 heteroatoms. The third-order valence-corrected chi connectivity index (χ3v) is 2.82. The Labute approximate surface area is 108 Å². The van der Waals surface area contributed by atoms with Gasteiger partial charge >= 0.3 is 0 Å². The molecule has 5 N–H and O–H groups in total. The smallest absolute Gasteiger partial charge is 0.124 e. The van der Waals surface area contributed by atoms with E-state index >= 15 is 0 Å². The number of benzene rings is 1. The van der Waals surface area contributed by atoms with Gasteiger partial charge in [-0.2, -0.15) is 0 Å². The summed E-state index contributed by atoms with van der Waals surface area (Å²) in [4.78, 5) is 1.79. The van der Waals surface area contributed by atoms with Crippen molar-refractivity contribution in [2.45, 2.75) is 0 Å². The van der Waals surface area contributed by atoms with E-state index in [0.717, 1.165) is 10.2 Å². The quantitative estimate of drug-likeness (QED) is 0.455. The number of nitrogens with zero attached hydrogens (tertiary/aromatic N) is 1. The Morgan fingerprint density at radius 3 is 2.35 bits per heavy atom. The van der Waals surface area contributed by atoms with Crippen molar-refractivity contribution >= 4 is 27.5 Å². The van der Waals surface area contributed by atoms with Crippen LogP contribution in [0.4, 0.5) is 5.69 Å². The zero-order chi connectivity index (χ0) is 12.8. The summed E-state index contributed by atoms with van der Waals surface area (Å²) >= 11 is 3.35. The minimum atomic E-state index is -0.0339. The molecule has 1 aromatic carbocycles. The Balaban J connectivity index is 3.14. The second-order valence-corrected chi connectivity index (χ2v) is 4.43. The number of nitrogens with two attached hydrogens (primary N) is 1. The van der Waals surface area contributed by atoms with Gasteiger partial charge in [-0.05, 0) is 18.2 Å². The predicted molar refractivity (Wildman–Crippen MR) is 71.5 cm³/mol. The number of rotatable bonds is 6. The van der Waals surface area contributed by atoms with E-state index < -0.39 is 0 Å². The number of hydrogen-bond acceptors (Lipinski definition) is 4. The number of halogens is 1. The molecule has 0 fully saturated rings. The highest BCUT2D eigenvalue weighted by Gasteiger charge is 2.12. The van der Waals surface area contributed by atoms with Crippen molar-refractivity contribution in [3.63, 3.8) is 0 Å². The average Bonchev–Trinajstić information content (AvgIpc) is 2.28. The second kappa shape index (κ2) is 6.58. The summed E-state index contributed by atoms with van der Waals surface area (Å²) in [6.45, 7) is 0.725. The molecule has 94 valence electrons. The van der Waals surface area contributed by atoms with Crippen LogP contribution in [0, 0.1) is 5.41 Å². The molecular weight excluding hydrogens is 286 g/mol. The SMILES string of the molecule is N=C(N)c1ccc(Br)cc1N(CCO)CCO. The van der Waals surface area contributed by atoms with E-state index in [1.165, 1.54) is 0 Å². The molecule has 17 heavy (non-hydrogen) atoms. The molecule has 0 radical (unpaired) electrons. The number of amidine groups is 1. The Hall–Kier alpha value is -1.11. The van der Waals surface area contributed by atoms with Gasteiger partial charge in [0.1, 0.15) is 5.84 Å². The van der Waals surface area contributed by atoms with Crippen molar-refractivity contribution in [3.05, 3.63) is 28.2 Å². The number of aliphatic hydroxyl groups is 2. The normalized spacial score (nSPS) is 10.3. The van der Waals surface area contributed by atoms with Crippen molar-refractivity contribution in [3.8, 4) is 0 Å². The van der Waals surface area contributed by atoms with Crippen LogP contribution in [0.3, 0.4) is 0 Å². The number of nitrogen functional groups attached to an aromatic ring is 1. The van der Waals surface area contributed by atoms with Gasteiger partial charge in [-0.15, -0.1) is 0 Å². The van der Waals surface area contributed by atoms with Crippen molar-refractivity contribution in [2.24, 2.45) is 5.73 Å². The molecule has 0 saturated heterocycles. The number of aliphatic hydroxyl groups excluding tert-OH is 2. The van der Waals surface area contributed by atoms with Crippen LogP contribution in [0.5, 0.6) is 0 Å². The lowest BCUT2D eigenvalue weighted by Gasteiger charge is -2.25. The Bertz CT molecular complexity index is 392. The van der Waals surface area contributed by atoms with Crippen LogP contribution in [0.25, 0.3) is 0 Å². The molecule has 0 unspecified atom stereocenters. The summed E-state index contributed by atoms with van der Waals surface area (Å²) in [5.74, 6) is -0.0339. The van der Waals surface area contributed by atoms with Crippen LogP contribution >= 0.6 is 15.9 Å². The maximum absolute atomic E-state index is 9.00. The summed E-state index contributed by atoms with van der Waals surface area (Å²) in [7, 11) is 0. The van der Waals surface area contributed by atoms with Gasteiger partial charge in [0.2, 0.25) is 0 Å². The zero-order valence-corrected chi connectivity index (χ0v) is 10.9. The van der Waals surface area contributed by atoms with Crippen molar-refractivity contribution < 1.29 is 10.2 Å². The lowest BCUT2D eigenvalue weighted by molar-refractivity contribution is 0.281. The highest BCUT2D eigenvalue weighted by atomic mass is 79.9. The first-order valence-electron chi connectivity index (χ1n) is 5.20. The van der Waals surface area contributed by atoms with Crippen molar-refractivity contribution in [1.29, 1.82) is 5.41 Å². The molecule has 5 nitrogen and oxygen atoms in total. The molecule has 0 saturated carbocycles. The Morgan fingerprint density at radius 2 is 1.88 bits per heavy atom. The molecule has 0 aromatic heterocycles. The van der Waals surface area contributed by atoms with Gasteiger partial charge in [0, 0.05) is 28.8 Å². The van der Waals surface area contributed by atoms with Gasteiger partial charge in [-0.3, -0.25) is 5.41 Å². The third-order valence-electron chi connectivity index (χ3n) is 2.33. The van der Waals surface area contributed by atoms with Gasteiger partial charge in [0.05, 0.1) is 13.2 Å². The summed E-state index contributed by atoms with van der Waals surface area (Å²) in [6, 6.07) is 5.36. The fourth-order valence-electron chi connectivity index (χ4n) is 1.59. The molecule has 0 amide bonds. The molecule has 1 aromatic rings. The summed E-state index contributed by atoms with van der Waals surface area (Å²) in [5, 5.41) is 25.5. The van der Waals surface area contributed by atoms with E-state index in [1.54, 1.807) is 17.0 Å². The van der Waals surface area contributed by atoms with E-state index in [0.29, 0.717) is 18.7 Å². The fourth-order valence-corrected chi connectivity index (χ4v) is 1.94. The van der Waals surface area contributed by atoms with Crippen LogP contribution < -0.4 is 10.6 Å². The van der Waals surface area contributed by atoms with E-state index in [9.17, 15) is 0 Å². The first-order valence-corrected chi connectivity index (χ1v) is 6.00. The average molecular weight is 302 g/mol. The van der Waals surface area contributed by atoms with Crippen LogP contribution in [0.2, 0.25) is 0 Å².